The Morgan fingerprint density at radius 2 is 2.15 bits per heavy atom. The van der Waals surface area contributed by atoms with Crippen molar-refractivity contribution in [3.05, 3.63) is 48.5 Å². The summed E-state index contributed by atoms with van der Waals surface area (Å²) >= 11 is 0. The average Bonchev–Trinajstić information content (AvgIpc) is 3.30. The van der Waals surface area contributed by atoms with Gasteiger partial charge in [-0.25, -0.2) is 4.79 Å². The van der Waals surface area contributed by atoms with E-state index in [1.807, 2.05) is 24.1 Å². The molecule has 1 spiro atoms. The molecule has 2 aliphatic heterocycles. The van der Waals surface area contributed by atoms with E-state index in [-0.39, 0.29) is 11.5 Å². The van der Waals surface area contributed by atoms with Crippen molar-refractivity contribution in [3.63, 3.8) is 0 Å². The Kier molecular flexibility index (Phi) is 5.16. The maximum atomic E-state index is 12.2. The van der Waals surface area contributed by atoms with Gasteiger partial charge in [0.15, 0.2) is 0 Å². The molecule has 4 heterocycles. The number of piperidine rings is 1. The fourth-order valence-electron chi connectivity index (χ4n) is 4.60. The zero-order valence-corrected chi connectivity index (χ0v) is 16.0. The molecule has 2 aliphatic rings. The molecule has 0 bridgehead atoms. The Bertz CT molecular complexity index is 775. The van der Waals surface area contributed by atoms with E-state index in [1.165, 1.54) is 12.1 Å². The van der Waals surface area contributed by atoms with Crippen molar-refractivity contribution < 1.29 is 9.53 Å². The molecule has 144 valence electrons. The van der Waals surface area contributed by atoms with Gasteiger partial charge < -0.3 is 14.2 Å². The van der Waals surface area contributed by atoms with Crippen LogP contribution in [0.3, 0.4) is 0 Å². The molecule has 0 saturated carbocycles. The summed E-state index contributed by atoms with van der Waals surface area (Å²) in [6.45, 7) is 7.00. The number of ether oxygens (including phenoxy) is 1. The molecule has 0 radical (unpaired) electrons. The van der Waals surface area contributed by atoms with Crippen LogP contribution in [-0.2, 0) is 11.3 Å². The molecular weight excluding hydrogens is 340 g/mol. The van der Waals surface area contributed by atoms with E-state index in [9.17, 15) is 4.79 Å². The smallest absolute Gasteiger partial charge is 0.409 e. The maximum absolute atomic E-state index is 12.2. The first kappa shape index (κ1) is 18.0. The average molecular weight is 368 g/mol. The second-order valence-corrected chi connectivity index (χ2v) is 7.77. The van der Waals surface area contributed by atoms with Crippen molar-refractivity contribution in [2.45, 2.75) is 32.7 Å². The summed E-state index contributed by atoms with van der Waals surface area (Å²) in [5.74, 6) is 0. The molecule has 0 aliphatic carbocycles. The molecule has 1 atom stereocenters. The van der Waals surface area contributed by atoms with E-state index in [0.717, 1.165) is 51.3 Å². The predicted molar refractivity (Wildman–Crippen MR) is 104 cm³/mol. The highest BCUT2D eigenvalue weighted by Gasteiger charge is 2.42. The van der Waals surface area contributed by atoms with Gasteiger partial charge in [0.1, 0.15) is 0 Å². The molecule has 27 heavy (non-hydrogen) atoms. The van der Waals surface area contributed by atoms with E-state index in [0.29, 0.717) is 6.61 Å². The number of hydrogen-bond donors (Lipinski definition) is 0. The first-order chi connectivity index (χ1) is 13.2. The van der Waals surface area contributed by atoms with E-state index < -0.39 is 0 Å². The van der Waals surface area contributed by atoms with Crippen LogP contribution in [0.15, 0.2) is 42.9 Å². The van der Waals surface area contributed by atoms with Gasteiger partial charge in [-0.1, -0.05) is 0 Å². The lowest BCUT2D eigenvalue weighted by atomic mass is 9.79. The van der Waals surface area contributed by atoms with E-state index in [2.05, 4.69) is 38.8 Å². The second kappa shape index (κ2) is 7.72. The number of carbonyl (C=O) groups is 1. The molecule has 0 unspecified atom stereocenters. The van der Waals surface area contributed by atoms with Gasteiger partial charge >= 0.3 is 6.09 Å². The Morgan fingerprint density at radius 3 is 2.96 bits per heavy atom. The molecule has 0 N–H and O–H groups in total. The van der Waals surface area contributed by atoms with Gasteiger partial charge in [0, 0.05) is 49.7 Å². The lowest BCUT2D eigenvalue weighted by molar-refractivity contribution is 0.0599. The lowest BCUT2D eigenvalue weighted by Gasteiger charge is -2.39. The van der Waals surface area contributed by atoms with Crippen molar-refractivity contribution in [1.29, 1.82) is 0 Å². The summed E-state index contributed by atoms with van der Waals surface area (Å²) in [7, 11) is 0. The molecule has 4 rings (SSSR count). The molecule has 6 heteroatoms. The van der Waals surface area contributed by atoms with Crippen LogP contribution >= 0.6 is 0 Å². The van der Waals surface area contributed by atoms with Crippen LogP contribution in [0.2, 0.25) is 0 Å². The predicted octanol–water partition coefficient (Wildman–Crippen LogP) is 3.32. The van der Waals surface area contributed by atoms with Crippen molar-refractivity contribution in [1.82, 2.24) is 19.4 Å². The molecule has 2 aromatic heterocycles. The van der Waals surface area contributed by atoms with E-state index in [4.69, 9.17) is 4.74 Å². The highest BCUT2D eigenvalue weighted by molar-refractivity contribution is 5.67. The first-order valence-electron chi connectivity index (χ1n) is 9.90. The zero-order valence-electron chi connectivity index (χ0n) is 16.0. The third kappa shape index (κ3) is 3.86. The SMILES string of the molecule is CCOC(=O)N1CCC[C@]2(CCN(Cc3cccn3-c3cccnc3)C2)C1. The highest BCUT2D eigenvalue weighted by Crippen LogP contribution is 2.39. The molecule has 2 saturated heterocycles. The molecular formula is C21H28N4O2. The third-order valence-corrected chi connectivity index (χ3v) is 5.85. The normalized spacial score (nSPS) is 23.1. The van der Waals surface area contributed by atoms with Gasteiger partial charge in [-0.05, 0) is 57.0 Å². The van der Waals surface area contributed by atoms with Crippen LogP contribution in [0.5, 0.6) is 0 Å². The number of rotatable bonds is 4. The number of hydrogen-bond acceptors (Lipinski definition) is 4. The Balaban J connectivity index is 1.42. The van der Waals surface area contributed by atoms with Gasteiger partial charge in [0.05, 0.1) is 18.5 Å². The standard InChI is InChI=1S/C21H28N4O2/c1-2-27-20(26)24-11-5-8-21(17-24)9-13-23(16-21)15-19-7-4-12-25(19)18-6-3-10-22-14-18/h3-4,6-7,10,12,14H,2,5,8-9,11,13,15-17H2,1H3/t21-/m1/s1. The Labute approximate surface area is 160 Å². The maximum Gasteiger partial charge on any atom is 0.409 e. The van der Waals surface area contributed by atoms with E-state index >= 15 is 0 Å². The molecule has 2 fully saturated rings. The number of aromatic nitrogens is 2. The molecule has 1 amide bonds. The minimum atomic E-state index is -0.152. The number of pyridine rings is 1. The zero-order chi connectivity index (χ0) is 18.7. The minimum Gasteiger partial charge on any atom is -0.450 e. The summed E-state index contributed by atoms with van der Waals surface area (Å²) in [6.07, 6.45) is 9.06. The Hall–Kier alpha value is -2.34. The molecule has 0 aromatic carbocycles. The van der Waals surface area contributed by atoms with Crippen LogP contribution in [0.25, 0.3) is 5.69 Å². The van der Waals surface area contributed by atoms with E-state index in [1.54, 1.807) is 6.20 Å². The van der Waals surface area contributed by atoms with Gasteiger partial charge in [-0.2, -0.15) is 0 Å². The van der Waals surface area contributed by atoms with Crippen LogP contribution in [-0.4, -0.2) is 58.2 Å². The summed E-state index contributed by atoms with van der Waals surface area (Å²) in [6, 6.07) is 8.33. The molecule has 2 aromatic rings. The summed E-state index contributed by atoms with van der Waals surface area (Å²) in [4.78, 5) is 20.8. The molecule has 6 nitrogen and oxygen atoms in total. The number of nitrogens with zero attached hydrogens (tertiary/aromatic N) is 4. The summed E-state index contributed by atoms with van der Waals surface area (Å²) < 4.78 is 7.44. The van der Waals surface area contributed by atoms with Crippen molar-refractivity contribution in [3.8, 4) is 5.69 Å². The van der Waals surface area contributed by atoms with Gasteiger partial charge in [-0.3, -0.25) is 9.88 Å². The fourth-order valence-corrected chi connectivity index (χ4v) is 4.60. The number of amides is 1. The van der Waals surface area contributed by atoms with Gasteiger partial charge in [0.25, 0.3) is 0 Å². The van der Waals surface area contributed by atoms with Crippen molar-refractivity contribution in [2.75, 3.05) is 32.8 Å². The van der Waals surface area contributed by atoms with Crippen LogP contribution in [0, 0.1) is 5.41 Å². The van der Waals surface area contributed by atoms with Crippen LogP contribution < -0.4 is 0 Å². The summed E-state index contributed by atoms with van der Waals surface area (Å²) in [5, 5.41) is 0. The fraction of sp³-hybridized carbons (Fsp3) is 0.524. The van der Waals surface area contributed by atoms with Crippen molar-refractivity contribution >= 4 is 6.09 Å². The third-order valence-electron chi connectivity index (χ3n) is 5.85. The van der Waals surface area contributed by atoms with Crippen LogP contribution in [0.1, 0.15) is 31.9 Å². The monoisotopic (exact) mass is 368 g/mol. The van der Waals surface area contributed by atoms with Crippen molar-refractivity contribution in [2.24, 2.45) is 5.41 Å². The van der Waals surface area contributed by atoms with Gasteiger partial charge in [0.2, 0.25) is 0 Å². The summed E-state index contributed by atoms with van der Waals surface area (Å²) in [5.41, 5.74) is 2.59. The topological polar surface area (TPSA) is 50.6 Å². The highest BCUT2D eigenvalue weighted by atomic mass is 16.6. The van der Waals surface area contributed by atoms with Gasteiger partial charge in [-0.15, -0.1) is 0 Å². The quantitative estimate of drug-likeness (QED) is 0.831. The largest absolute Gasteiger partial charge is 0.450 e. The number of likely N-dealkylation sites (tertiary alicyclic amines) is 2. The number of carbonyl (C=O) groups excluding carboxylic acids is 1. The minimum absolute atomic E-state index is 0.152. The first-order valence-corrected chi connectivity index (χ1v) is 9.90. The second-order valence-electron chi connectivity index (χ2n) is 7.77. The van der Waals surface area contributed by atoms with Crippen LogP contribution in [0.4, 0.5) is 4.79 Å². The Morgan fingerprint density at radius 1 is 1.22 bits per heavy atom. The lowest BCUT2D eigenvalue weighted by Crippen LogP contribution is -2.47.